The number of hydrogen-bond donors (Lipinski definition) is 2. The van der Waals surface area contributed by atoms with Gasteiger partial charge in [0.25, 0.3) is 5.91 Å². The third-order valence-electron chi connectivity index (χ3n) is 2.43. The Labute approximate surface area is 113 Å². The Bertz CT molecular complexity index is 516. The third-order valence-corrected chi connectivity index (χ3v) is 2.92. The van der Waals surface area contributed by atoms with E-state index in [1.807, 2.05) is 13.8 Å². The molecule has 0 aromatic heterocycles. The fourth-order valence-electron chi connectivity index (χ4n) is 1.69. The van der Waals surface area contributed by atoms with E-state index in [4.69, 9.17) is 0 Å². The van der Waals surface area contributed by atoms with E-state index in [9.17, 15) is 9.18 Å². The van der Waals surface area contributed by atoms with E-state index < -0.39 is 11.9 Å². The number of aliphatic imine (C=N–C) groups is 1. The van der Waals surface area contributed by atoms with Crippen molar-refractivity contribution in [1.82, 2.24) is 10.6 Å². The Balaban J connectivity index is 2.27. The van der Waals surface area contributed by atoms with Crippen LogP contribution in [0, 0.1) is 5.82 Å². The summed E-state index contributed by atoms with van der Waals surface area (Å²) in [5.74, 6) is -0.374. The minimum atomic E-state index is -0.820. The summed E-state index contributed by atoms with van der Waals surface area (Å²) in [6, 6.07) is 3.91. The standard InChI is InChI=1S/C12H13BrFN3O/c1-6(2)15-12-16-10(11(18)17-12)8-4-3-7(13)5-9(8)14/h3-6,10H,1-2H3,(H2,15,16,17,18). The SMILES string of the molecule is CC(C)NC1=NC(c2ccc(Br)cc2F)C(=O)N1. The Morgan fingerprint density at radius 3 is 2.83 bits per heavy atom. The van der Waals surface area contributed by atoms with Crippen LogP contribution in [0.2, 0.25) is 0 Å². The van der Waals surface area contributed by atoms with Crippen molar-refractivity contribution in [3.05, 3.63) is 34.1 Å². The van der Waals surface area contributed by atoms with Crippen LogP contribution in [0.15, 0.2) is 27.7 Å². The zero-order valence-corrected chi connectivity index (χ0v) is 11.6. The van der Waals surface area contributed by atoms with Crippen molar-refractivity contribution in [2.24, 2.45) is 4.99 Å². The molecule has 0 aliphatic carbocycles. The van der Waals surface area contributed by atoms with Crippen molar-refractivity contribution in [1.29, 1.82) is 0 Å². The molecule has 4 nitrogen and oxygen atoms in total. The Kier molecular flexibility index (Phi) is 3.65. The molecule has 2 rings (SSSR count). The van der Waals surface area contributed by atoms with E-state index in [1.165, 1.54) is 6.07 Å². The molecule has 6 heteroatoms. The molecule has 1 amide bonds. The summed E-state index contributed by atoms with van der Waals surface area (Å²) in [7, 11) is 0. The van der Waals surface area contributed by atoms with E-state index in [1.54, 1.807) is 12.1 Å². The monoisotopic (exact) mass is 313 g/mol. The molecule has 0 radical (unpaired) electrons. The van der Waals surface area contributed by atoms with E-state index in [0.29, 0.717) is 10.4 Å². The largest absolute Gasteiger partial charge is 0.354 e. The average molecular weight is 314 g/mol. The highest BCUT2D eigenvalue weighted by atomic mass is 79.9. The lowest BCUT2D eigenvalue weighted by Crippen LogP contribution is -2.40. The van der Waals surface area contributed by atoms with Gasteiger partial charge in [-0.3, -0.25) is 10.1 Å². The number of rotatable bonds is 2. The zero-order chi connectivity index (χ0) is 13.3. The van der Waals surface area contributed by atoms with Crippen LogP contribution in [0.1, 0.15) is 25.5 Å². The normalized spacial score (nSPS) is 18.8. The predicted molar refractivity (Wildman–Crippen MR) is 70.7 cm³/mol. The molecule has 1 aliphatic rings. The van der Waals surface area contributed by atoms with Crippen molar-refractivity contribution in [3.63, 3.8) is 0 Å². The van der Waals surface area contributed by atoms with Crippen LogP contribution in [-0.4, -0.2) is 17.9 Å². The molecule has 1 atom stereocenters. The highest BCUT2D eigenvalue weighted by Crippen LogP contribution is 2.26. The number of guanidine groups is 1. The summed E-state index contributed by atoms with van der Waals surface area (Å²) in [4.78, 5) is 15.9. The molecular formula is C12H13BrFN3O. The third kappa shape index (κ3) is 2.69. The van der Waals surface area contributed by atoms with Crippen LogP contribution in [0.25, 0.3) is 0 Å². The molecule has 1 aliphatic heterocycles. The van der Waals surface area contributed by atoms with Gasteiger partial charge in [0, 0.05) is 16.1 Å². The van der Waals surface area contributed by atoms with Crippen molar-refractivity contribution in [2.45, 2.75) is 25.9 Å². The van der Waals surface area contributed by atoms with Gasteiger partial charge in [-0.05, 0) is 26.0 Å². The second-order valence-corrected chi connectivity index (χ2v) is 5.25. The highest BCUT2D eigenvalue weighted by molar-refractivity contribution is 9.10. The molecule has 0 bridgehead atoms. The Morgan fingerprint density at radius 1 is 1.50 bits per heavy atom. The van der Waals surface area contributed by atoms with Gasteiger partial charge in [-0.1, -0.05) is 22.0 Å². The van der Waals surface area contributed by atoms with E-state index in [-0.39, 0.29) is 17.5 Å². The van der Waals surface area contributed by atoms with Gasteiger partial charge in [0.05, 0.1) is 0 Å². The lowest BCUT2D eigenvalue weighted by Gasteiger charge is -2.07. The van der Waals surface area contributed by atoms with Gasteiger partial charge < -0.3 is 5.32 Å². The van der Waals surface area contributed by atoms with Crippen LogP contribution < -0.4 is 10.6 Å². The van der Waals surface area contributed by atoms with Crippen LogP contribution in [0.5, 0.6) is 0 Å². The maximum absolute atomic E-state index is 13.8. The molecule has 1 aromatic rings. The first-order chi connectivity index (χ1) is 8.47. The lowest BCUT2D eigenvalue weighted by atomic mass is 10.1. The molecule has 0 saturated heterocycles. The molecule has 0 saturated carbocycles. The quantitative estimate of drug-likeness (QED) is 0.878. The van der Waals surface area contributed by atoms with Gasteiger partial charge in [0.2, 0.25) is 0 Å². The zero-order valence-electron chi connectivity index (χ0n) is 10.00. The first-order valence-electron chi connectivity index (χ1n) is 5.57. The number of carbonyl (C=O) groups excluding carboxylic acids is 1. The number of nitrogens with zero attached hydrogens (tertiary/aromatic N) is 1. The van der Waals surface area contributed by atoms with Crippen molar-refractivity contribution >= 4 is 27.8 Å². The summed E-state index contributed by atoms with van der Waals surface area (Å²) in [5, 5.41) is 5.59. The van der Waals surface area contributed by atoms with Crippen LogP contribution >= 0.6 is 15.9 Å². The molecule has 2 N–H and O–H groups in total. The molecule has 96 valence electrons. The summed E-state index contributed by atoms with van der Waals surface area (Å²) < 4.78 is 14.4. The summed E-state index contributed by atoms with van der Waals surface area (Å²) >= 11 is 3.18. The number of amides is 1. The molecule has 0 fully saturated rings. The first-order valence-corrected chi connectivity index (χ1v) is 6.37. The molecule has 1 unspecified atom stereocenters. The van der Waals surface area contributed by atoms with E-state index in [2.05, 4.69) is 31.6 Å². The van der Waals surface area contributed by atoms with Crippen molar-refractivity contribution < 1.29 is 9.18 Å². The summed E-state index contributed by atoms with van der Waals surface area (Å²) in [6.07, 6.45) is 0. The molecule has 18 heavy (non-hydrogen) atoms. The Morgan fingerprint density at radius 2 is 2.22 bits per heavy atom. The van der Waals surface area contributed by atoms with E-state index in [0.717, 1.165) is 0 Å². The van der Waals surface area contributed by atoms with Gasteiger partial charge in [-0.15, -0.1) is 0 Å². The van der Waals surface area contributed by atoms with Gasteiger partial charge in [-0.2, -0.15) is 0 Å². The second kappa shape index (κ2) is 5.06. The fourth-order valence-corrected chi connectivity index (χ4v) is 2.02. The smallest absolute Gasteiger partial charge is 0.256 e. The number of halogens is 2. The van der Waals surface area contributed by atoms with Gasteiger partial charge in [-0.25, -0.2) is 9.38 Å². The Hall–Kier alpha value is -1.43. The minimum Gasteiger partial charge on any atom is -0.354 e. The topological polar surface area (TPSA) is 53.5 Å². The lowest BCUT2D eigenvalue weighted by molar-refractivity contribution is -0.120. The van der Waals surface area contributed by atoms with Crippen LogP contribution in [0.4, 0.5) is 4.39 Å². The van der Waals surface area contributed by atoms with Crippen molar-refractivity contribution in [2.75, 3.05) is 0 Å². The first kappa shape index (κ1) is 13.0. The summed E-state index contributed by atoms with van der Waals surface area (Å²) in [5.41, 5.74) is 0.274. The maximum Gasteiger partial charge on any atom is 0.256 e. The van der Waals surface area contributed by atoms with Gasteiger partial charge >= 0.3 is 0 Å². The van der Waals surface area contributed by atoms with Gasteiger partial charge in [0.1, 0.15) is 5.82 Å². The van der Waals surface area contributed by atoms with Crippen LogP contribution in [-0.2, 0) is 4.79 Å². The fraction of sp³-hybridized carbons (Fsp3) is 0.333. The summed E-state index contributed by atoms with van der Waals surface area (Å²) in [6.45, 7) is 3.87. The average Bonchev–Trinajstić information content (AvgIpc) is 2.58. The van der Waals surface area contributed by atoms with Crippen LogP contribution in [0.3, 0.4) is 0 Å². The minimum absolute atomic E-state index is 0.151. The molecule has 1 heterocycles. The number of nitrogens with one attached hydrogen (secondary N) is 2. The maximum atomic E-state index is 13.8. The molecule has 0 spiro atoms. The van der Waals surface area contributed by atoms with E-state index >= 15 is 0 Å². The van der Waals surface area contributed by atoms with Gasteiger partial charge in [0.15, 0.2) is 12.0 Å². The highest BCUT2D eigenvalue weighted by Gasteiger charge is 2.30. The predicted octanol–water partition coefficient (Wildman–Crippen LogP) is 2.11. The second-order valence-electron chi connectivity index (χ2n) is 4.33. The number of carbonyl (C=O) groups is 1. The number of benzene rings is 1. The molecular weight excluding hydrogens is 301 g/mol. The number of hydrogen-bond acceptors (Lipinski definition) is 3. The van der Waals surface area contributed by atoms with Crippen molar-refractivity contribution in [3.8, 4) is 0 Å². The molecule has 1 aromatic carbocycles.